The van der Waals surface area contributed by atoms with Crippen LogP contribution in [0.25, 0.3) is 0 Å². The first-order valence-electron chi connectivity index (χ1n) is 8.62. The molecular weight excluding hydrogens is 256 g/mol. The van der Waals surface area contributed by atoms with E-state index in [1.165, 1.54) is 36.9 Å². The lowest BCUT2D eigenvalue weighted by Crippen LogP contribution is -2.45. The number of rotatable bonds is 5. The van der Waals surface area contributed by atoms with Crippen molar-refractivity contribution in [3.63, 3.8) is 0 Å². The third kappa shape index (κ3) is 3.17. The van der Waals surface area contributed by atoms with Gasteiger partial charge in [-0.2, -0.15) is 0 Å². The van der Waals surface area contributed by atoms with Crippen molar-refractivity contribution in [3.05, 3.63) is 35.4 Å². The zero-order valence-corrected chi connectivity index (χ0v) is 13.9. The molecule has 1 aromatic rings. The van der Waals surface area contributed by atoms with Crippen LogP contribution in [0, 0.1) is 11.3 Å². The van der Waals surface area contributed by atoms with E-state index in [2.05, 4.69) is 55.3 Å². The molecule has 0 bridgehead atoms. The maximum atomic E-state index is 3.84. The molecule has 2 aliphatic rings. The quantitative estimate of drug-likeness (QED) is 0.885. The van der Waals surface area contributed by atoms with E-state index in [9.17, 15) is 0 Å². The molecule has 1 heterocycles. The van der Waals surface area contributed by atoms with Crippen molar-refractivity contribution in [2.24, 2.45) is 11.3 Å². The highest BCUT2D eigenvalue weighted by atomic mass is 15.1. The van der Waals surface area contributed by atoms with Crippen LogP contribution in [0.2, 0.25) is 0 Å². The van der Waals surface area contributed by atoms with Crippen molar-refractivity contribution in [2.75, 3.05) is 13.1 Å². The lowest BCUT2D eigenvalue weighted by atomic mass is 9.84. The van der Waals surface area contributed by atoms with Gasteiger partial charge in [0.15, 0.2) is 0 Å². The molecule has 1 N–H and O–H groups in total. The maximum absolute atomic E-state index is 3.84. The first-order chi connectivity index (χ1) is 10.1. The topological polar surface area (TPSA) is 15.3 Å². The molecular formula is C19H30N2. The smallest absolute Gasteiger partial charge is 0.0240 e. The molecule has 0 amide bonds. The van der Waals surface area contributed by atoms with Gasteiger partial charge in [-0.05, 0) is 48.3 Å². The molecule has 1 saturated carbocycles. The fourth-order valence-electron chi connectivity index (χ4n) is 4.32. The van der Waals surface area contributed by atoms with E-state index in [4.69, 9.17) is 0 Å². The van der Waals surface area contributed by atoms with Gasteiger partial charge in [0.1, 0.15) is 0 Å². The minimum absolute atomic E-state index is 0.451. The summed E-state index contributed by atoms with van der Waals surface area (Å²) in [4.78, 5) is 2.65. The predicted molar refractivity (Wildman–Crippen MR) is 89.1 cm³/mol. The summed E-state index contributed by atoms with van der Waals surface area (Å²) >= 11 is 0. The summed E-state index contributed by atoms with van der Waals surface area (Å²) < 4.78 is 0. The maximum Gasteiger partial charge on any atom is 0.0240 e. The Morgan fingerprint density at radius 2 is 1.86 bits per heavy atom. The van der Waals surface area contributed by atoms with Crippen LogP contribution in [0.4, 0.5) is 0 Å². The Hall–Kier alpha value is -0.860. The largest absolute Gasteiger partial charge is 0.313 e. The van der Waals surface area contributed by atoms with Crippen LogP contribution in [-0.2, 0) is 13.1 Å². The number of hydrogen-bond donors (Lipinski definition) is 1. The van der Waals surface area contributed by atoms with Gasteiger partial charge in [-0.1, -0.05) is 45.0 Å². The molecule has 3 rings (SSSR count). The number of nitrogens with zero attached hydrogens (tertiary/aromatic N) is 1. The Morgan fingerprint density at radius 1 is 1.19 bits per heavy atom. The summed E-state index contributed by atoms with van der Waals surface area (Å²) in [5.74, 6) is 0.806. The average Bonchev–Trinajstić information content (AvgIpc) is 2.98. The van der Waals surface area contributed by atoms with Crippen LogP contribution < -0.4 is 5.32 Å². The Balaban J connectivity index is 1.62. The van der Waals surface area contributed by atoms with Gasteiger partial charge in [0.2, 0.25) is 0 Å². The molecule has 0 spiro atoms. The van der Waals surface area contributed by atoms with Gasteiger partial charge in [0.25, 0.3) is 0 Å². The van der Waals surface area contributed by atoms with Crippen molar-refractivity contribution < 1.29 is 0 Å². The van der Waals surface area contributed by atoms with E-state index in [1.807, 2.05) is 0 Å². The number of benzene rings is 1. The molecule has 2 atom stereocenters. The van der Waals surface area contributed by atoms with Crippen LogP contribution in [0.1, 0.15) is 51.2 Å². The van der Waals surface area contributed by atoms with E-state index in [1.54, 1.807) is 0 Å². The lowest BCUT2D eigenvalue weighted by molar-refractivity contribution is 0.184. The Bertz CT molecular complexity index is 455. The standard InChI is InChI=1S/C19H30N2/c1-4-11-20-18-17(9-10-19(18,2)3)14-21-12-15-7-5-6-8-16(15)13-21/h5-8,17-18,20H,4,9-14H2,1-3H3. The van der Waals surface area contributed by atoms with Crippen LogP contribution >= 0.6 is 0 Å². The molecule has 116 valence electrons. The first kappa shape index (κ1) is 15.1. The van der Waals surface area contributed by atoms with Crippen molar-refractivity contribution in [2.45, 2.75) is 59.2 Å². The van der Waals surface area contributed by atoms with Gasteiger partial charge in [-0.25, -0.2) is 0 Å². The second-order valence-electron chi connectivity index (χ2n) is 7.66. The summed E-state index contributed by atoms with van der Waals surface area (Å²) in [6, 6.07) is 9.61. The van der Waals surface area contributed by atoms with Crippen molar-refractivity contribution in [3.8, 4) is 0 Å². The summed E-state index contributed by atoms with van der Waals surface area (Å²) in [6.07, 6.45) is 3.97. The minimum atomic E-state index is 0.451. The van der Waals surface area contributed by atoms with E-state index >= 15 is 0 Å². The van der Waals surface area contributed by atoms with E-state index < -0.39 is 0 Å². The fourth-order valence-corrected chi connectivity index (χ4v) is 4.32. The average molecular weight is 286 g/mol. The molecule has 2 unspecified atom stereocenters. The van der Waals surface area contributed by atoms with Gasteiger partial charge >= 0.3 is 0 Å². The van der Waals surface area contributed by atoms with Crippen LogP contribution in [0.3, 0.4) is 0 Å². The molecule has 21 heavy (non-hydrogen) atoms. The highest BCUT2D eigenvalue weighted by molar-refractivity contribution is 5.30. The molecule has 1 fully saturated rings. The van der Waals surface area contributed by atoms with E-state index in [0.717, 1.165) is 25.6 Å². The Morgan fingerprint density at radius 3 is 2.48 bits per heavy atom. The van der Waals surface area contributed by atoms with Gasteiger partial charge < -0.3 is 5.32 Å². The first-order valence-corrected chi connectivity index (χ1v) is 8.62. The van der Waals surface area contributed by atoms with Gasteiger partial charge in [-0.3, -0.25) is 4.90 Å². The molecule has 1 aromatic carbocycles. The van der Waals surface area contributed by atoms with Crippen molar-refractivity contribution in [1.82, 2.24) is 10.2 Å². The molecule has 0 saturated heterocycles. The molecule has 1 aliphatic carbocycles. The third-order valence-corrected chi connectivity index (χ3v) is 5.49. The predicted octanol–water partition coefficient (Wildman–Crippen LogP) is 3.81. The number of hydrogen-bond acceptors (Lipinski definition) is 2. The third-order valence-electron chi connectivity index (χ3n) is 5.49. The summed E-state index contributed by atoms with van der Waals surface area (Å²) in [5.41, 5.74) is 3.52. The Labute approximate surface area is 129 Å². The molecule has 0 radical (unpaired) electrons. The van der Waals surface area contributed by atoms with Crippen molar-refractivity contribution in [1.29, 1.82) is 0 Å². The summed E-state index contributed by atoms with van der Waals surface area (Å²) in [6.45, 7) is 11.9. The molecule has 1 aliphatic heterocycles. The molecule has 0 aromatic heterocycles. The number of nitrogens with one attached hydrogen (secondary N) is 1. The summed E-state index contributed by atoms with van der Waals surface area (Å²) in [5, 5.41) is 3.84. The van der Waals surface area contributed by atoms with Gasteiger partial charge in [0.05, 0.1) is 0 Å². The zero-order chi connectivity index (χ0) is 14.9. The van der Waals surface area contributed by atoms with Crippen LogP contribution in [0.5, 0.6) is 0 Å². The van der Waals surface area contributed by atoms with E-state index in [0.29, 0.717) is 11.5 Å². The molecule has 2 nitrogen and oxygen atoms in total. The second-order valence-corrected chi connectivity index (χ2v) is 7.66. The van der Waals surface area contributed by atoms with Gasteiger partial charge in [0, 0.05) is 25.7 Å². The van der Waals surface area contributed by atoms with Gasteiger partial charge in [-0.15, -0.1) is 0 Å². The zero-order valence-electron chi connectivity index (χ0n) is 13.9. The fraction of sp³-hybridized carbons (Fsp3) is 0.684. The highest BCUT2D eigenvalue weighted by Gasteiger charge is 2.42. The lowest BCUT2D eigenvalue weighted by Gasteiger charge is -2.33. The highest BCUT2D eigenvalue weighted by Crippen LogP contribution is 2.42. The monoisotopic (exact) mass is 286 g/mol. The number of fused-ring (bicyclic) bond motifs is 1. The minimum Gasteiger partial charge on any atom is -0.313 e. The summed E-state index contributed by atoms with van der Waals surface area (Å²) in [7, 11) is 0. The normalized spacial score (nSPS) is 28.0. The Kier molecular flexibility index (Phi) is 4.37. The van der Waals surface area contributed by atoms with E-state index in [-0.39, 0.29) is 0 Å². The van der Waals surface area contributed by atoms with Crippen LogP contribution in [-0.4, -0.2) is 24.0 Å². The SMILES string of the molecule is CCCNC1C(CN2Cc3ccccc3C2)CCC1(C)C. The van der Waals surface area contributed by atoms with Crippen LogP contribution in [0.15, 0.2) is 24.3 Å². The molecule has 2 heteroatoms. The van der Waals surface area contributed by atoms with Crippen molar-refractivity contribution >= 4 is 0 Å². The second kappa shape index (κ2) is 6.10.